The van der Waals surface area contributed by atoms with E-state index < -0.39 is 0 Å². The maximum Gasteiger partial charge on any atom is 0.106 e. The molecular formula is C12H15BrN2OS. The van der Waals surface area contributed by atoms with Gasteiger partial charge in [-0.1, -0.05) is 28.1 Å². The van der Waals surface area contributed by atoms with Crippen LogP contribution in [0.25, 0.3) is 0 Å². The van der Waals surface area contributed by atoms with E-state index in [0.29, 0.717) is 4.99 Å². The van der Waals surface area contributed by atoms with Gasteiger partial charge in [-0.3, -0.25) is 0 Å². The van der Waals surface area contributed by atoms with Crippen molar-refractivity contribution < 1.29 is 4.74 Å². The molecule has 0 aliphatic carbocycles. The second-order valence-corrected chi connectivity index (χ2v) is 5.51. The molecule has 1 aliphatic rings. The smallest absolute Gasteiger partial charge is 0.106 e. The molecular weight excluding hydrogens is 300 g/mol. The lowest BCUT2D eigenvalue weighted by Crippen LogP contribution is -2.42. The second-order valence-electron chi connectivity index (χ2n) is 4.15. The van der Waals surface area contributed by atoms with Crippen molar-refractivity contribution in [3.05, 3.63) is 28.2 Å². The fourth-order valence-corrected chi connectivity index (χ4v) is 2.53. The molecule has 0 saturated carbocycles. The van der Waals surface area contributed by atoms with E-state index >= 15 is 0 Å². The molecule has 92 valence electrons. The lowest BCUT2D eigenvalue weighted by molar-refractivity contribution is 0.0532. The first-order valence-corrected chi connectivity index (χ1v) is 6.74. The molecule has 5 heteroatoms. The summed E-state index contributed by atoms with van der Waals surface area (Å²) < 4.78 is 6.58. The molecule has 1 fully saturated rings. The number of thiocarbonyl (C=S) groups is 1. The first kappa shape index (κ1) is 12.8. The standard InChI is InChI=1S/C12H15BrN2OS/c1-8-7-15(4-5-16-8)11-6-9(13)2-3-10(11)12(14)17/h2-3,6,8H,4-5,7H2,1H3,(H2,14,17). The van der Waals surface area contributed by atoms with Crippen molar-refractivity contribution in [2.24, 2.45) is 5.73 Å². The number of rotatable bonds is 2. The van der Waals surface area contributed by atoms with Crippen molar-refractivity contribution in [1.29, 1.82) is 0 Å². The summed E-state index contributed by atoms with van der Waals surface area (Å²) in [6.07, 6.45) is 0.238. The van der Waals surface area contributed by atoms with Gasteiger partial charge in [-0.25, -0.2) is 0 Å². The number of nitrogens with two attached hydrogens (primary N) is 1. The van der Waals surface area contributed by atoms with Gasteiger partial charge in [0, 0.05) is 28.8 Å². The summed E-state index contributed by atoms with van der Waals surface area (Å²) in [6.45, 7) is 4.55. The monoisotopic (exact) mass is 314 g/mol. The SMILES string of the molecule is CC1CN(c2cc(Br)ccc2C(N)=S)CCO1. The summed E-state index contributed by atoms with van der Waals surface area (Å²) in [6, 6.07) is 5.98. The van der Waals surface area contributed by atoms with E-state index in [-0.39, 0.29) is 6.10 Å². The highest BCUT2D eigenvalue weighted by Gasteiger charge is 2.20. The molecule has 0 aromatic heterocycles. The molecule has 1 unspecified atom stereocenters. The number of benzene rings is 1. The topological polar surface area (TPSA) is 38.5 Å². The fraction of sp³-hybridized carbons (Fsp3) is 0.417. The van der Waals surface area contributed by atoms with Crippen LogP contribution in [0, 0.1) is 0 Å². The van der Waals surface area contributed by atoms with Gasteiger partial charge in [-0.2, -0.15) is 0 Å². The summed E-state index contributed by atoms with van der Waals surface area (Å²) >= 11 is 8.58. The van der Waals surface area contributed by atoms with Gasteiger partial charge in [0.2, 0.25) is 0 Å². The molecule has 0 spiro atoms. The Morgan fingerprint density at radius 1 is 1.59 bits per heavy atom. The Balaban J connectivity index is 2.35. The van der Waals surface area contributed by atoms with E-state index in [1.54, 1.807) is 0 Å². The molecule has 0 radical (unpaired) electrons. The van der Waals surface area contributed by atoms with E-state index in [0.717, 1.165) is 35.4 Å². The van der Waals surface area contributed by atoms with Crippen LogP contribution in [0.5, 0.6) is 0 Å². The first-order valence-electron chi connectivity index (χ1n) is 5.54. The molecule has 2 N–H and O–H groups in total. The molecule has 0 amide bonds. The van der Waals surface area contributed by atoms with Crippen LogP contribution < -0.4 is 10.6 Å². The Morgan fingerprint density at radius 3 is 3.00 bits per heavy atom. The van der Waals surface area contributed by atoms with E-state index in [9.17, 15) is 0 Å². The summed E-state index contributed by atoms with van der Waals surface area (Å²) in [5, 5.41) is 0. The zero-order valence-corrected chi connectivity index (χ0v) is 12.1. The number of morpholine rings is 1. The van der Waals surface area contributed by atoms with E-state index in [2.05, 4.69) is 33.8 Å². The summed E-state index contributed by atoms with van der Waals surface area (Å²) in [5.41, 5.74) is 7.78. The molecule has 17 heavy (non-hydrogen) atoms. The van der Waals surface area contributed by atoms with Gasteiger partial charge in [0.1, 0.15) is 4.99 Å². The van der Waals surface area contributed by atoms with Crippen molar-refractivity contribution in [2.75, 3.05) is 24.6 Å². The zero-order chi connectivity index (χ0) is 12.4. The number of ether oxygens (including phenoxy) is 1. The van der Waals surface area contributed by atoms with Gasteiger partial charge < -0.3 is 15.4 Å². The van der Waals surface area contributed by atoms with Crippen LogP contribution in [0.1, 0.15) is 12.5 Å². The van der Waals surface area contributed by atoms with Crippen molar-refractivity contribution >= 4 is 38.8 Å². The molecule has 0 bridgehead atoms. The van der Waals surface area contributed by atoms with E-state index in [1.807, 2.05) is 12.1 Å². The van der Waals surface area contributed by atoms with Crippen molar-refractivity contribution in [3.8, 4) is 0 Å². The quantitative estimate of drug-likeness (QED) is 0.850. The molecule has 3 nitrogen and oxygen atoms in total. The third kappa shape index (κ3) is 2.97. The first-order chi connectivity index (χ1) is 8.08. The maximum atomic E-state index is 5.76. The highest BCUT2D eigenvalue weighted by Crippen LogP contribution is 2.26. The van der Waals surface area contributed by atoms with Crippen molar-refractivity contribution in [3.63, 3.8) is 0 Å². The second kappa shape index (κ2) is 5.33. The largest absolute Gasteiger partial charge is 0.389 e. The van der Waals surface area contributed by atoms with Crippen LogP contribution in [0.3, 0.4) is 0 Å². The number of anilines is 1. The minimum atomic E-state index is 0.238. The molecule has 1 saturated heterocycles. The summed E-state index contributed by atoms with van der Waals surface area (Å²) in [5.74, 6) is 0. The maximum absolute atomic E-state index is 5.76. The average Bonchev–Trinajstić information content (AvgIpc) is 2.28. The molecule has 1 aromatic carbocycles. The van der Waals surface area contributed by atoms with Gasteiger partial charge in [0.05, 0.1) is 12.7 Å². The Labute approximate surface area is 115 Å². The summed E-state index contributed by atoms with van der Waals surface area (Å²) in [4.78, 5) is 2.71. The Hall–Kier alpha value is -0.650. The molecule has 1 heterocycles. The predicted molar refractivity (Wildman–Crippen MR) is 77.7 cm³/mol. The normalized spacial score (nSPS) is 20.4. The Bertz CT molecular complexity index is 439. The number of hydrogen-bond acceptors (Lipinski definition) is 3. The number of hydrogen-bond donors (Lipinski definition) is 1. The Morgan fingerprint density at radius 2 is 2.35 bits per heavy atom. The van der Waals surface area contributed by atoms with Gasteiger partial charge in [-0.05, 0) is 25.1 Å². The highest BCUT2D eigenvalue weighted by molar-refractivity contribution is 9.10. The van der Waals surface area contributed by atoms with Crippen LogP contribution in [-0.2, 0) is 4.74 Å². The number of nitrogens with zero attached hydrogens (tertiary/aromatic N) is 1. The average molecular weight is 315 g/mol. The van der Waals surface area contributed by atoms with E-state index in [1.165, 1.54) is 0 Å². The van der Waals surface area contributed by atoms with Gasteiger partial charge in [0.25, 0.3) is 0 Å². The lowest BCUT2D eigenvalue weighted by Gasteiger charge is -2.34. The third-order valence-corrected chi connectivity index (χ3v) is 3.52. The number of halogens is 1. The predicted octanol–water partition coefficient (Wildman–Crippen LogP) is 2.31. The lowest BCUT2D eigenvalue weighted by atomic mass is 10.1. The zero-order valence-electron chi connectivity index (χ0n) is 9.65. The van der Waals surface area contributed by atoms with Crippen molar-refractivity contribution in [1.82, 2.24) is 0 Å². The van der Waals surface area contributed by atoms with Crippen LogP contribution in [-0.4, -0.2) is 30.8 Å². The molecule has 1 aromatic rings. The minimum Gasteiger partial charge on any atom is -0.389 e. The van der Waals surface area contributed by atoms with Gasteiger partial charge >= 0.3 is 0 Å². The van der Waals surface area contributed by atoms with Crippen LogP contribution in [0.4, 0.5) is 5.69 Å². The van der Waals surface area contributed by atoms with Gasteiger partial charge in [0.15, 0.2) is 0 Å². The van der Waals surface area contributed by atoms with Crippen molar-refractivity contribution in [2.45, 2.75) is 13.0 Å². The highest BCUT2D eigenvalue weighted by atomic mass is 79.9. The minimum absolute atomic E-state index is 0.238. The van der Waals surface area contributed by atoms with Crippen LogP contribution >= 0.6 is 28.1 Å². The van der Waals surface area contributed by atoms with Crippen LogP contribution in [0.2, 0.25) is 0 Å². The van der Waals surface area contributed by atoms with E-state index in [4.69, 9.17) is 22.7 Å². The third-order valence-electron chi connectivity index (χ3n) is 2.81. The molecule has 2 rings (SSSR count). The fourth-order valence-electron chi connectivity index (χ4n) is 2.01. The van der Waals surface area contributed by atoms with Crippen LogP contribution in [0.15, 0.2) is 22.7 Å². The summed E-state index contributed by atoms with van der Waals surface area (Å²) in [7, 11) is 0. The molecule has 1 aliphatic heterocycles. The molecule has 1 atom stereocenters. The van der Waals surface area contributed by atoms with Gasteiger partial charge in [-0.15, -0.1) is 0 Å². The Kier molecular flexibility index (Phi) is 4.01.